The largest absolute Gasteiger partial charge is 0.339 e. The van der Waals surface area contributed by atoms with Crippen molar-refractivity contribution in [2.24, 2.45) is 0 Å². The molecule has 0 saturated carbocycles. The number of nitrogens with zero attached hydrogens (tertiary/aromatic N) is 3. The van der Waals surface area contributed by atoms with Crippen molar-refractivity contribution in [3.63, 3.8) is 0 Å². The van der Waals surface area contributed by atoms with E-state index in [1.165, 1.54) is 0 Å². The normalized spacial score (nSPS) is 10.8. The Labute approximate surface area is 131 Å². The van der Waals surface area contributed by atoms with E-state index in [2.05, 4.69) is 15.1 Å². The highest BCUT2D eigenvalue weighted by Crippen LogP contribution is 2.24. The quantitative estimate of drug-likeness (QED) is 0.720. The van der Waals surface area contributed by atoms with Crippen LogP contribution in [0.25, 0.3) is 11.4 Å². The van der Waals surface area contributed by atoms with Crippen LogP contribution in [0.4, 0.5) is 0 Å². The molecule has 6 heteroatoms. The standard InChI is InChI=1S/C15H11Cl2N3O/c1-9-2-4-11(8-18-9)15-19-14(21-20-15)7-10-3-5-12(16)13(17)6-10/h2-6,8H,7H2,1H3. The predicted octanol–water partition coefficient (Wildman–Crippen LogP) is 4.34. The van der Waals surface area contributed by atoms with Crippen molar-refractivity contribution in [2.75, 3.05) is 0 Å². The lowest BCUT2D eigenvalue weighted by Crippen LogP contribution is -1.89. The summed E-state index contributed by atoms with van der Waals surface area (Å²) in [5, 5.41) is 5.00. The van der Waals surface area contributed by atoms with Gasteiger partial charge in [-0.2, -0.15) is 4.98 Å². The summed E-state index contributed by atoms with van der Waals surface area (Å²) in [5.41, 5.74) is 2.73. The maximum absolute atomic E-state index is 5.99. The van der Waals surface area contributed by atoms with Gasteiger partial charge in [-0.25, -0.2) is 0 Å². The summed E-state index contributed by atoms with van der Waals surface area (Å²) >= 11 is 11.9. The molecule has 0 unspecified atom stereocenters. The van der Waals surface area contributed by atoms with Crippen LogP contribution in [-0.2, 0) is 6.42 Å². The summed E-state index contributed by atoms with van der Waals surface area (Å²) in [7, 11) is 0. The highest BCUT2D eigenvalue weighted by molar-refractivity contribution is 6.42. The fourth-order valence-electron chi connectivity index (χ4n) is 1.87. The van der Waals surface area contributed by atoms with Crippen LogP contribution >= 0.6 is 23.2 Å². The topological polar surface area (TPSA) is 51.8 Å². The minimum absolute atomic E-state index is 0.503. The van der Waals surface area contributed by atoms with Gasteiger partial charge in [-0.3, -0.25) is 4.98 Å². The molecule has 106 valence electrons. The van der Waals surface area contributed by atoms with E-state index in [-0.39, 0.29) is 0 Å². The van der Waals surface area contributed by atoms with Crippen LogP contribution in [0.15, 0.2) is 41.1 Å². The van der Waals surface area contributed by atoms with Gasteiger partial charge in [0.05, 0.1) is 16.5 Å². The van der Waals surface area contributed by atoms with Crippen LogP contribution in [0, 0.1) is 6.92 Å². The molecule has 3 aromatic rings. The molecule has 0 aliphatic rings. The van der Waals surface area contributed by atoms with Gasteiger partial charge in [0.15, 0.2) is 0 Å². The Balaban J connectivity index is 1.81. The van der Waals surface area contributed by atoms with Gasteiger partial charge in [0, 0.05) is 17.5 Å². The molecule has 2 heterocycles. The van der Waals surface area contributed by atoms with Gasteiger partial charge in [-0.05, 0) is 36.8 Å². The number of rotatable bonds is 3. The highest BCUT2D eigenvalue weighted by Gasteiger charge is 2.10. The van der Waals surface area contributed by atoms with Crippen LogP contribution in [0.1, 0.15) is 17.1 Å². The maximum atomic E-state index is 5.99. The maximum Gasteiger partial charge on any atom is 0.231 e. The molecule has 0 spiro atoms. The Morgan fingerprint density at radius 2 is 1.95 bits per heavy atom. The second-order valence-electron chi connectivity index (χ2n) is 4.63. The monoisotopic (exact) mass is 319 g/mol. The predicted molar refractivity (Wildman–Crippen MR) is 81.5 cm³/mol. The van der Waals surface area contributed by atoms with E-state index >= 15 is 0 Å². The Kier molecular flexibility index (Phi) is 3.90. The molecule has 2 aromatic heterocycles. The minimum atomic E-state index is 0.503. The number of benzene rings is 1. The average molecular weight is 320 g/mol. The first-order valence-electron chi connectivity index (χ1n) is 6.31. The molecule has 0 bridgehead atoms. The summed E-state index contributed by atoms with van der Waals surface area (Å²) < 4.78 is 5.26. The van der Waals surface area contributed by atoms with Crippen molar-refractivity contribution < 1.29 is 4.52 Å². The van der Waals surface area contributed by atoms with Crippen molar-refractivity contribution in [2.45, 2.75) is 13.3 Å². The first kappa shape index (κ1) is 14.0. The van der Waals surface area contributed by atoms with E-state index in [1.807, 2.05) is 25.1 Å². The Morgan fingerprint density at radius 1 is 1.10 bits per heavy atom. The highest BCUT2D eigenvalue weighted by atomic mass is 35.5. The Bertz CT molecular complexity index is 769. The van der Waals surface area contributed by atoms with Gasteiger partial charge in [0.1, 0.15) is 0 Å². The third kappa shape index (κ3) is 3.23. The molecule has 0 atom stereocenters. The average Bonchev–Trinajstić information content (AvgIpc) is 2.92. The fourth-order valence-corrected chi connectivity index (χ4v) is 2.19. The molecular formula is C15H11Cl2N3O. The number of aryl methyl sites for hydroxylation is 1. The van der Waals surface area contributed by atoms with E-state index < -0.39 is 0 Å². The van der Waals surface area contributed by atoms with E-state index in [0.29, 0.717) is 28.2 Å². The zero-order chi connectivity index (χ0) is 14.8. The summed E-state index contributed by atoms with van der Waals surface area (Å²) in [6, 6.07) is 9.24. The molecule has 0 N–H and O–H groups in total. The SMILES string of the molecule is Cc1ccc(-c2noc(Cc3ccc(Cl)c(Cl)c3)n2)cn1. The molecular weight excluding hydrogens is 309 g/mol. The molecule has 0 aliphatic heterocycles. The molecule has 4 nitrogen and oxygen atoms in total. The third-order valence-electron chi connectivity index (χ3n) is 2.98. The molecule has 0 saturated heterocycles. The van der Waals surface area contributed by atoms with Crippen molar-refractivity contribution in [3.05, 3.63) is 63.7 Å². The summed E-state index contributed by atoms with van der Waals surface area (Å²) in [4.78, 5) is 8.58. The number of hydrogen-bond acceptors (Lipinski definition) is 4. The minimum Gasteiger partial charge on any atom is -0.339 e. The van der Waals surface area contributed by atoms with Crippen LogP contribution in [0.2, 0.25) is 10.0 Å². The van der Waals surface area contributed by atoms with Crippen molar-refractivity contribution in [3.8, 4) is 11.4 Å². The molecule has 0 fully saturated rings. The van der Waals surface area contributed by atoms with Gasteiger partial charge in [-0.1, -0.05) is 34.4 Å². The molecule has 0 radical (unpaired) electrons. The number of hydrogen-bond donors (Lipinski definition) is 0. The van der Waals surface area contributed by atoms with Crippen LogP contribution in [0.3, 0.4) is 0 Å². The van der Waals surface area contributed by atoms with Gasteiger partial charge in [-0.15, -0.1) is 0 Å². The van der Waals surface area contributed by atoms with Gasteiger partial charge in [0.2, 0.25) is 11.7 Å². The van der Waals surface area contributed by atoms with E-state index in [9.17, 15) is 0 Å². The lowest BCUT2D eigenvalue weighted by Gasteiger charge is -1.99. The Hall–Kier alpha value is -1.91. The smallest absolute Gasteiger partial charge is 0.231 e. The van der Waals surface area contributed by atoms with E-state index in [4.69, 9.17) is 27.7 Å². The second kappa shape index (κ2) is 5.84. The van der Waals surface area contributed by atoms with E-state index in [0.717, 1.165) is 16.8 Å². The fraction of sp³-hybridized carbons (Fsp3) is 0.133. The Morgan fingerprint density at radius 3 is 2.67 bits per heavy atom. The zero-order valence-corrected chi connectivity index (χ0v) is 12.7. The number of pyridine rings is 1. The molecule has 0 aliphatic carbocycles. The van der Waals surface area contributed by atoms with Crippen molar-refractivity contribution in [1.82, 2.24) is 15.1 Å². The number of halogens is 2. The summed E-state index contributed by atoms with van der Waals surface area (Å²) in [6.07, 6.45) is 2.23. The molecule has 3 rings (SSSR count). The number of aromatic nitrogens is 3. The first-order chi connectivity index (χ1) is 10.1. The summed E-state index contributed by atoms with van der Waals surface area (Å²) in [6.45, 7) is 1.93. The van der Waals surface area contributed by atoms with E-state index in [1.54, 1.807) is 18.3 Å². The lowest BCUT2D eigenvalue weighted by atomic mass is 10.1. The van der Waals surface area contributed by atoms with Crippen LogP contribution in [0.5, 0.6) is 0 Å². The van der Waals surface area contributed by atoms with Gasteiger partial charge < -0.3 is 4.52 Å². The van der Waals surface area contributed by atoms with Gasteiger partial charge >= 0.3 is 0 Å². The third-order valence-corrected chi connectivity index (χ3v) is 3.72. The van der Waals surface area contributed by atoms with Crippen LogP contribution in [-0.4, -0.2) is 15.1 Å². The molecule has 0 amide bonds. The molecule has 21 heavy (non-hydrogen) atoms. The van der Waals surface area contributed by atoms with Gasteiger partial charge in [0.25, 0.3) is 0 Å². The summed E-state index contributed by atoms with van der Waals surface area (Å²) in [5.74, 6) is 1.04. The van der Waals surface area contributed by atoms with Crippen molar-refractivity contribution in [1.29, 1.82) is 0 Å². The second-order valence-corrected chi connectivity index (χ2v) is 5.44. The van der Waals surface area contributed by atoms with Crippen molar-refractivity contribution >= 4 is 23.2 Å². The zero-order valence-electron chi connectivity index (χ0n) is 11.2. The van der Waals surface area contributed by atoms with Crippen LogP contribution < -0.4 is 0 Å². The lowest BCUT2D eigenvalue weighted by molar-refractivity contribution is 0.385. The molecule has 1 aromatic carbocycles. The first-order valence-corrected chi connectivity index (χ1v) is 7.07.